The first kappa shape index (κ1) is 17.8. The summed E-state index contributed by atoms with van der Waals surface area (Å²) in [5.74, 6) is 0.809. The second-order valence-corrected chi connectivity index (χ2v) is 6.99. The third-order valence-corrected chi connectivity index (χ3v) is 4.98. The van der Waals surface area contributed by atoms with Crippen molar-refractivity contribution >= 4 is 43.5 Å². The molecule has 1 rings (SSSR count). The molecular formula is C12H11BrClNO5S. The summed E-state index contributed by atoms with van der Waals surface area (Å²) >= 11 is 8.99. The molecule has 0 unspecified atom stereocenters. The van der Waals surface area contributed by atoms with Crippen LogP contribution in [0.5, 0.6) is 5.75 Å². The molecule has 0 bridgehead atoms. The number of benzene rings is 1. The molecule has 0 heterocycles. The maximum Gasteiger partial charge on any atom is 0.318 e. The highest BCUT2D eigenvalue weighted by Crippen LogP contribution is 2.36. The summed E-state index contributed by atoms with van der Waals surface area (Å²) in [5, 5.41) is 8.97. The maximum absolute atomic E-state index is 12.5. The molecule has 114 valence electrons. The van der Waals surface area contributed by atoms with Crippen LogP contribution in [0, 0.1) is 12.3 Å². The number of ether oxygens (including phenoxy) is 1. The minimum Gasteiger partial charge on any atom is -0.494 e. The second-order valence-electron chi connectivity index (χ2n) is 3.79. The van der Waals surface area contributed by atoms with Crippen LogP contribution in [-0.2, 0) is 14.8 Å². The summed E-state index contributed by atoms with van der Waals surface area (Å²) in [4.78, 5) is 10.5. The predicted octanol–water partition coefficient (Wildman–Crippen LogP) is 1.82. The fraction of sp³-hybridized carbons (Fsp3) is 0.250. The Balaban J connectivity index is 3.48. The first-order valence-electron chi connectivity index (χ1n) is 5.42. The Morgan fingerprint density at radius 2 is 2.19 bits per heavy atom. The number of hydrogen-bond acceptors (Lipinski definition) is 4. The highest BCUT2D eigenvalue weighted by molar-refractivity contribution is 9.10. The van der Waals surface area contributed by atoms with Crippen LogP contribution in [0.2, 0.25) is 5.02 Å². The molecule has 0 fully saturated rings. The van der Waals surface area contributed by atoms with Crippen LogP contribution < -0.4 is 4.74 Å². The Bertz CT molecular complexity index is 698. The van der Waals surface area contributed by atoms with Gasteiger partial charge in [0, 0.05) is 5.02 Å². The highest BCUT2D eigenvalue weighted by atomic mass is 79.9. The van der Waals surface area contributed by atoms with E-state index in [2.05, 4.69) is 21.9 Å². The molecule has 0 amide bonds. The Morgan fingerprint density at radius 1 is 1.57 bits per heavy atom. The molecule has 0 aromatic heterocycles. The van der Waals surface area contributed by atoms with E-state index in [0.717, 1.165) is 0 Å². The van der Waals surface area contributed by atoms with Gasteiger partial charge in [-0.3, -0.25) is 4.79 Å². The first-order valence-corrected chi connectivity index (χ1v) is 8.03. The van der Waals surface area contributed by atoms with Crippen molar-refractivity contribution in [2.24, 2.45) is 0 Å². The largest absolute Gasteiger partial charge is 0.494 e. The second kappa shape index (κ2) is 7.13. The number of hydrogen-bond donors (Lipinski definition) is 1. The molecule has 0 aliphatic heterocycles. The van der Waals surface area contributed by atoms with Crippen molar-refractivity contribution < 1.29 is 23.1 Å². The van der Waals surface area contributed by atoms with Gasteiger partial charge in [-0.25, -0.2) is 8.42 Å². The van der Waals surface area contributed by atoms with Crippen molar-refractivity contribution in [2.45, 2.75) is 4.90 Å². The van der Waals surface area contributed by atoms with Crippen LogP contribution >= 0.6 is 27.5 Å². The Morgan fingerprint density at radius 3 is 2.67 bits per heavy atom. The van der Waals surface area contributed by atoms with Crippen LogP contribution in [-0.4, -0.2) is 44.0 Å². The summed E-state index contributed by atoms with van der Waals surface area (Å²) < 4.78 is 31.1. The minimum absolute atomic E-state index is 0.0202. The molecular weight excluding hydrogens is 386 g/mol. The SMILES string of the molecule is C#CCN(CC(=O)O)S(=O)(=O)c1cc(Cl)cc(Br)c1OC. The molecule has 0 atom stereocenters. The van der Waals surface area contributed by atoms with Crippen LogP contribution in [0.25, 0.3) is 0 Å². The Kier molecular flexibility index (Phi) is 6.04. The van der Waals surface area contributed by atoms with Gasteiger partial charge in [0.2, 0.25) is 10.0 Å². The van der Waals surface area contributed by atoms with E-state index in [1.54, 1.807) is 0 Å². The van der Waals surface area contributed by atoms with E-state index in [0.29, 0.717) is 8.78 Å². The van der Waals surface area contributed by atoms with Crippen molar-refractivity contribution in [3.05, 3.63) is 21.6 Å². The van der Waals surface area contributed by atoms with Crippen LogP contribution in [0.1, 0.15) is 0 Å². The fourth-order valence-electron chi connectivity index (χ4n) is 1.54. The summed E-state index contributed by atoms with van der Waals surface area (Å²) in [6.45, 7) is -1.15. The summed E-state index contributed by atoms with van der Waals surface area (Å²) in [6, 6.07) is 2.63. The van der Waals surface area contributed by atoms with Crippen LogP contribution in [0.15, 0.2) is 21.5 Å². The predicted molar refractivity (Wildman–Crippen MR) is 80.9 cm³/mol. The third kappa shape index (κ3) is 4.11. The number of terminal acetylenes is 1. The lowest BCUT2D eigenvalue weighted by Gasteiger charge is -2.20. The van der Waals surface area contributed by atoms with E-state index < -0.39 is 22.5 Å². The van der Waals surface area contributed by atoms with Crippen LogP contribution in [0.4, 0.5) is 0 Å². The third-order valence-electron chi connectivity index (χ3n) is 2.38. The van der Waals surface area contributed by atoms with Gasteiger partial charge in [0.25, 0.3) is 0 Å². The Hall–Kier alpha value is -1.27. The number of halogens is 2. The molecule has 21 heavy (non-hydrogen) atoms. The molecule has 0 aliphatic rings. The molecule has 1 aromatic carbocycles. The number of methoxy groups -OCH3 is 1. The fourth-order valence-corrected chi connectivity index (χ4v) is 4.22. The molecule has 9 heteroatoms. The monoisotopic (exact) mass is 395 g/mol. The average molecular weight is 397 g/mol. The minimum atomic E-state index is -4.18. The van der Waals surface area contributed by atoms with Gasteiger partial charge >= 0.3 is 5.97 Å². The van der Waals surface area contributed by atoms with Gasteiger partial charge in [-0.1, -0.05) is 17.5 Å². The number of nitrogens with zero attached hydrogens (tertiary/aromatic N) is 1. The molecule has 0 aliphatic carbocycles. The number of rotatable bonds is 6. The van der Waals surface area contributed by atoms with E-state index in [1.807, 2.05) is 0 Å². The van der Waals surface area contributed by atoms with Gasteiger partial charge in [-0.05, 0) is 28.1 Å². The van der Waals surface area contributed by atoms with E-state index >= 15 is 0 Å². The highest BCUT2D eigenvalue weighted by Gasteiger charge is 2.30. The lowest BCUT2D eigenvalue weighted by molar-refractivity contribution is -0.137. The number of carboxylic acids is 1. The standard InChI is InChI=1S/C12H11BrClNO5S/c1-3-4-15(7-11(16)17)21(18,19)10-6-8(14)5-9(13)12(10)20-2/h1,5-6H,4,7H2,2H3,(H,16,17). The lowest BCUT2D eigenvalue weighted by Crippen LogP contribution is -2.36. The normalized spacial score (nSPS) is 11.2. The molecule has 0 saturated heterocycles. The summed E-state index contributed by atoms with van der Waals surface area (Å²) in [6.07, 6.45) is 5.09. The summed E-state index contributed by atoms with van der Waals surface area (Å²) in [7, 11) is -2.89. The van der Waals surface area contributed by atoms with Crippen molar-refractivity contribution in [1.29, 1.82) is 0 Å². The zero-order chi connectivity index (χ0) is 16.2. The number of carboxylic acid groups (broad SMARTS) is 1. The van der Waals surface area contributed by atoms with Gasteiger partial charge in [-0.2, -0.15) is 4.31 Å². The first-order chi connectivity index (χ1) is 9.73. The molecule has 0 saturated carbocycles. The smallest absolute Gasteiger partial charge is 0.318 e. The average Bonchev–Trinajstić information content (AvgIpc) is 2.36. The van der Waals surface area contributed by atoms with Gasteiger partial charge in [0.15, 0.2) is 5.75 Å². The molecule has 1 N–H and O–H groups in total. The van der Waals surface area contributed by atoms with E-state index in [4.69, 9.17) is 27.9 Å². The van der Waals surface area contributed by atoms with Gasteiger partial charge < -0.3 is 9.84 Å². The zero-order valence-electron chi connectivity index (χ0n) is 10.8. The van der Waals surface area contributed by atoms with Crippen LogP contribution in [0.3, 0.4) is 0 Å². The number of sulfonamides is 1. The van der Waals surface area contributed by atoms with E-state index in [1.165, 1.54) is 19.2 Å². The number of aliphatic carboxylic acids is 1. The van der Waals surface area contributed by atoms with Crippen molar-refractivity contribution in [1.82, 2.24) is 4.31 Å². The van der Waals surface area contributed by atoms with Crippen molar-refractivity contribution in [2.75, 3.05) is 20.2 Å². The van der Waals surface area contributed by atoms with Crippen molar-refractivity contribution in [3.8, 4) is 18.1 Å². The van der Waals surface area contributed by atoms with Gasteiger partial charge in [0.1, 0.15) is 11.4 Å². The zero-order valence-corrected chi connectivity index (χ0v) is 14.0. The Labute approximate surface area is 135 Å². The topological polar surface area (TPSA) is 83.9 Å². The van der Waals surface area contributed by atoms with Gasteiger partial charge in [0.05, 0.1) is 18.1 Å². The molecule has 0 radical (unpaired) electrons. The quantitative estimate of drug-likeness (QED) is 0.742. The van der Waals surface area contributed by atoms with E-state index in [-0.39, 0.29) is 22.2 Å². The molecule has 0 spiro atoms. The van der Waals surface area contributed by atoms with Crippen molar-refractivity contribution in [3.63, 3.8) is 0 Å². The van der Waals surface area contributed by atoms with Gasteiger partial charge in [-0.15, -0.1) is 6.42 Å². The number of carbonyl (C=O) groups is 1. The summed E-state index contributed by atoms with van der Waals surface area (Å²) in [5.41, 5.74) is 0. The molecule has 6 nitrogen and oxygen atoms in total. The lowest BCUT2D eigenvalue weighted by atomic mass is 10.3. The van der Waals surface area contributed by atoms with E-state index in [9.17, 15) is 13.2 Å². The molecule has 1 aromatic rings. The maximum atomic E-state index is 12.5.